The van der Waals surface area contributed by atoms with Crippen molar-refractivity contribution in [3.63, 3.8) is 0 Å². The van der Waals surface area contributed by atoms with Crippen molar-refractivity contribution in [2.75, 3.05) is 13.6 Å². The van der Waals surface area contributed by atoms with Gasteiger partial charge in [0.25, 0.3) is 5.91 Å². The van der Waals surface area contributed by atoms with Gasteiger partial charge in [0.2, 0.25) is 0 Å². The molecule has 9 heteroatoms. The van der Waals surface area contributed by atoms with Crippen LogP contribution in [0.4, 0.5) is 0 Å². The van der Waals surface area contributed by atoms with Crippen molar-refractivity contribution in [2.24, 2.45) is 7.05 Å². The average molecular weight is 408 g/mol. The Balaban J connectivity index is 1.95. The van der Waals surface area contributed by atoms with E-state index in [2.05, 4.69) is 26.5 Å². The number of alkyl halides is 1. The number of halogens is 1. The first-order valence-electron chi connectivity index (χ1n) is 7.60. The molecule has 0 spiro atoms. The molecular formula is C16H18BrN5O3. The van der Waals surface area contributed by atoms with E-state index in [9.17, 15) is 14.7 Å². The lowest BCUT2D eigenvalue weighted by Crippen LogP contribution is -2.49. The third-order valence-electron chi connectivity index (χ3n) is 4.16. The van der Waals surface area contributed by atoms with Gasteiger partial charge in [0, 0.05) is 26.8 Å². The van der Waals surface area contributed by atoms with Gasteiger partial charge in [0.15, 0.2) is 4.32 Å². The largest absolute Gasteiger partial charge is 0.480 e. The first kappa shape index (κ1) is 17.6. The van der Waals surface area contributed by atoms with Crippen molar-refractivity contribution in [3.8, 4) is 0 Å². The molecule has 1 amide bonds. The Bertz CT molecular complexity index is 796. The monoisotopic (exact) mass is 407 g/mol. The summed E-state index contributed by atoms with van der Waals surface area (Å²) in [5.41, 5.74) is 3.96. The molecule has 0 bridgehead atoms. The van der Waals surface area contributed by atoms with Crippen LogP contribution in [0.2, 0.25) is 0 Å². The number of carbonyl (C=O) groups excluding carboxylic acids is 1. The van der Waals surface area contributed by atoms with Crippen LogP contribution in [0.1, 0.15) is 22.0 Å². The third kappa shape index (κ3) is 3.17. The number of hydrogen-bond donors (Lipinski definition) is 2. The van der Waals surface area contributed by atoms with Crippen LogP contribution in [0, 0.1) is 0 Å². The summed E-state index contributed by atoms with van der Waals surface area (Å²) in [6, 6.07) is 8.60. The van der Waals surface area contributed by atoms with Gasteiger partial charge in [-0.15, -0.1) is 5.12 Å². The van der Waals surface area contributed by atoms with Gasteiger partial charge in [0.05, 0.1) is 17.8 Å². The molecule has 1 aromatic carbocycles. The van der Waals surface area contributed by atoms with Crippen LogP contribution in [-0.2, 0) is 11.8 Å². The molecule has 3 rings (SSSR count). The van der Waals surface area contributed by atoms with Crippen molar-refractivity contribution in [3.05, 3.63) is 53.9 Å². The second-order valence-corrected chi connectivity index (χ2v) is 7.40. The molecule has 1 aromatic heterocycles. The van der Waals surface area contributed by atoms with E-state index >= 15 is 0 Å². The number of carboxylic acid groups (broad SMARTS) is 1. The molecule has 2 unspecified atom stereocenters. The average Bonchev–Trinajstić information content (AvgIpc) is 3.11. The molecule has 0 aliphatic carbocycles. The third-order valence-corrected chi connectivity index (χ3v) is 5.18. The van der Waals surface area contributed by atoms with Crippen LogP contribution in [0.25, 0.3) is 0 Å². The molecule has 2 heterocycles. The number of hydrazine groups is 2. The van der Waals surface area contributed by atoms with E-state index in [0.717, 1.165) is 5.56 Å². The number of aliphatic carboxylic acids is 1. The van der Waals surface area contributed by atoms with Crippen molar-refractivity contribution in [1.82, 2.24) is 25.3 Å². The summed E-state index contributed by atoms with van der Waals surface area (Å²) in [7, 11) is 3.45. The predicted octanol–water partition coefficient (Wildman–Crippen LogP) is 1.19. The minimum absolute atomic E-state index is 0.190. The van der Waals surface area contributed by atoms with Crippen LogP contribution in [0.3, 0.4) is 0 Å². The number of hydrogen-bond acceptors (Lipinski definition) is 5. The summed E-state index contributed by atoms with van der Waals surface area (Å²) in [4.78, 5) is 24.5. The number of carboxylic acids is 1. The van der Waals surface area contributed by atoms with Crippen LogP contribution < -0.4 is 5.43 Å². The van der Waals surface area contributed by atoms with E-state index in [0.29, 0.717) is 5.56 Å². The molecule has 2 N–H and O–H groups in total. The Labute approximate surface area is 153 Å². The van der Waals surface area contributed by atoms with Gasteiger partial charge in [-0.25, -0.2) is 5.01 Å². The highest BCUT2D eigenvalue weighted by atomic mass is 79.9. The minimum Gasteiger partial charge on any atom is -0.480 e. The second kappa shape index (κ2) is 6.58. The molecule has 1 saturated heterocycles. The van der Waals surface area contributed by atoms with E-state index in [1.54, 1.807) is 30.4 Å². The maximum absolute atomic E-state index is 12.5. The van der Waals surface area contributed by atoms with Gasteiger partial charge in [-0.1, -0.05) is 46.3 Å². The number of rotatable bonds is 4. The van der Waals surface area contributed by atoms with Crippen LogP contribution >= 0.6 is 15.9 Å². The fourth-order valence-corrected chi connectivity index (χ4v) is 3.79. The molecule has 0 saturated carbocycles. The minimum atomic E-state index is -1.26. The SMILES string of the molecule is CN1CC(Br)(C(=O)O)C(c2ccccc2)N1NC(=O)c1cnn(C)c1. The lowest BCUT2D eigenvalue weighted by atomic mass is 9.94. The maximum Gasteiger partial charge on any atom is 0.323 e. The van der Waals surface area contributed by atoms with E-state index in [4.69, 9.17) is 0 Å². The smallest absolute Gasteiger partial charge is 0.323 e. The Hall–Kier alpha value is -2.23. The van der Waals surface area contributed by atoms with Gasteiger partial charge < -0.3 is 5.11 Å². The number of carbonyl (C=O) groups is 2. The predicted molar refractivity (Wildman–Crippen MR) is 93.6 cm³/mol. The molecule has 132 valence electrons. The zero-order valence-corrected chi connectivity index (χ0v) is 15.3. The summed E-state index contributed by atoms with van der Waals surface area (Å²) in [6.07, 6.45) is 3.06. The van der Waals surface area contributed by atoms with Crippen LogP contribution in [0.15, 0.2) is 42.7 Å². The molecule has 1 aliphatic rings. The van der Waals surface area contributed by atoms with Crippen molar-refractivity contribution >= 4 is 27.8 Å². The lowest BCUT2D eigenvalue weighted by molar-refractivity contribution is -0.140. The molecule has 1 aliphatic heterocycles. The van der Waals surface area contributed by atoms with Gasteiger partial charge in [-0.2, -0.15) is 5.10 Å². The van der Waals surface area contributed by atoms with Crippen molar-refractivity contribution < 1.29 is 14.7 Å². The highest BCUT2D eigenvalue weighted by Crippen LogP contribution is 2.44. The van der Waals surface area contributed by atoms with Crippen molar-refractivity contribution in [2.45, 2.75) is 10.4 Å². The number of amides is 1. The van der Waals surface area contributed by atoms with E-state index < -0.39 is 16.3 Å². The summed E-state index contributed by atoms with van der Waals surface area (Å²) < 4.78 is 0.272. The fourth-order valence-electron chi connectivity index (χ4n) is 2.97. The van der Waals surface area contributed by atoms with E-state index in [1.807, 2.05) is 30.3 Å². The number of nitrogens with zero attached hydrogens (tertiary/aromatic N) is 4. The van der Waals surface area contributed by atoms with Gasteiger partial charge in [-0.05, 0) is 5.56 Å². The normalized spacial score (nSPS) is 24.4. The molecule has 8 nitrogen and oxygen atoms in total. The molecule has 25 heavy (non-hydrogen) atoms. The Morgan fingerprint density at radius 2 is 2.00 bits per heavy atom. The molecule has 2 aromatic rings. The number of benzene rings is 1. The highest BCUT2D eigenvalue weighted by molar-refractivity contribution is 9.10. The van der Waals surface area contributed by atoms with Gasteiger partial charge >= 0.3 is 5.97 Å². The summed E-state index contributed by atoms with van der Waals surface area (Å²) >= 11 is 3.39. The van der Waals surface area contributed by atoms with E-state index in [1.165, 1.54) is 10.9 Å². The zero-order valence-electron chi connectivity index (χ0n) is 13.8. The molecule has 0 radical (unpaired) electrons. The number of aromatic nitrogens is 2. The maximum atomic E-state index is 12.5. The molecule has 2 atom stereocenters. The quantitative estimate of drug-likeness (QED) is 0.739. The highest BCUT2D eigenvalue weighted by Gasteiger charge is 2.55. The molecule has 1 fully saturated rings. The Morgan fingerprint density at radius 1 is 1.32 bits per heavy atom. The van der Waals surface area contributed by atoms with Gasteiger partial charge in [0.1, 0.15) is 0 Å². The summed E-state index contributed by atoms with van der Waals surface area (Å²) in [6.45, 7) is 0.190. The Kier molecular flexibility index (Phi) is 4.63. The first-order valence-corrected chi connectivity index (χ1v) is 8.39. The van der Waals surface area contributed by atoms with Crippen LogP contribution in [0.5, 0.6) is 0 Å². The molecular weight excluding hydrogens is 390 g/mol. The zero-order chi connectivity index (χ0) is 18.2. The van der Waals surface area contributed by atoms with Gasteiger partial charge in [-0.3, -0.25) is 19.7 Å². The summed E-state index contributed by atoms with van der Waals surface area (Å²) in [5, 5.41) is 17.0. The topological polar surface area (TPSA) is 90.7 Å². The number of nitrogens with one attached hydrogen (secondary N) is 1. The second-order valence-electron chi connectivity index (χ2n) is 5.98. The number of aryl methyl sites for hydroxylation is 1. The lowest BCUT2D eigenvalue weighted by Gasteiger charge is -2.32. The first-order chi connectivity index (χ1) is 11.8. The standard InChI is InChI=1S/C16H18BrN5O3/c1-20-9-12(8-18-20)14(23)19-22-13(11-6-4-3-5-7-11)16(17,15(24)25)10-21(22)2/h3-9,13H,10H2,1-2H3,(H,19,23)(H,24,25). The fraction of sp³-hybridized carbons (Fsp3) is 0.312. The van der Waals surface area contributed by atoms with Crippen molar-refractivity contribution in [1.29, 1.82) is 0 Å². The summed E-state index contributed by atoms with van der Waals surface area (Å²) in [5.74, 6) is -1.35. The van der Waals surface area contributed by atoms with E-state index in [-0.39, 0.29) is 12.5 Å². The van der Waals surface area contributed by atoms with Crippen LogP contribution in [-0.4, -0.2) is 54.8 Å². The Morgan fingerprint density at radius 3 is 2.56 bits per heavy atom.